The van der Waals surface area contributed by atoms with Crippen LogP contribution >= 0.6 is 11.8 Å². The maximum Gasteiger partial charge on any atom is 0.0616 e. The summed E-state index contributed by atoms with van der Waals surface area (Å²) in [5.74, 6) is 1.06. The molecule has 3 aromatic carbocycles. The van der Waals surface area contributed by atoms with Crippen LogP contribution in [0.1, 0.15) is 28.3 Å². The highest BCUT2D eigenvalue weighted by Crippen LogP contribution is 2.42. The predicted molar refractivity (Wildman–Crippen MR) is 128 cm³/mol. The van der Waals surface area contributed by atoms with E-state index in [9.17, 15) is 0 Å². The highest BCUT2D eigenvalue weighted by Gasteiger charge is 2.30. The molecule has 3 aromatic rings. The van der Waals surface area contributed by atoms with Gasteiger partial charge in [-0.05, 0) is 28.3 Å². The minimum absolute atomic E-state index is 0.370. The molecule has 5 rings (SSSR count). The summed E-state index contributed by atoms with van der Waals surface area (Å²) in [4.78, 5) is 6.70. The number of rotatable bonds is 4. The van der Waals surface area contributed by atoms with E-state index < -0.39 is 0 Å². The molecule has 0 N–H and O–H groups in total. The normalized spacial score (nSPS) is 19.9. The largest absolute Gasteiger partial charge is 0.297 e. The first kappa shape index (κ1) is 19.6. The van der Waals surface area contributed by atoms with Gasteiger partial charge in [-0.3, -0.25) is 9.80 Å². The molecule has 0 radical (unpaired) electrons. The average Bonchev–Trinajstić information content (AvgIpc) is 2.97. The van der Waals surface area contributed by atoms with Crippen LogP contribution in [0.3, 0.4) is 0 Å². The molecule has 0 bridgehead atoms. The number of fused-ring (bicyclic) bond motifs is 2. The van der Waals surface area contributed by atoms with Crippen LogP contribution in [-0.2, 0) is 5.75 Å². The van der Waals surface area contributed by atoms with E-state index in [0.717, 1.165) is 38.5 Å². The summed E-state index contributed by atoms with van der Waals surface area (Å²) in [6, 6.07) is 29.0. The van der Waals surface area contributed by atoms with Gasteiger partial charge in [0.05, 0.1) is 6.04 Å². The van der Waals surface area contributed by atoms with Gasteiger partial charge in [-0.1, -0.05) is 84.9 Å². The summed E-state index contributed by atoms with van der Waals surface area (Å²) in [5, 5.41) is 0. The molecule has 1 atom stereocenters. The molecule has 0 aliphatic carbocycles. The van der Waals surface area contributed by atoms with Gasteiger partial charge in [0, 0.05) is 43.4 Å². The fraction of sp³-hybridized carbons (Fsp3) is 0.259. The molecule has 1 fully saturated rings. The minimum atomic E-state index is 0.370. The van der Waals surface area contributed by atoms with Gasteiger partial charge in [-0.2, -0.15) is 0 Å². The van der Waals surface area contributed by atoms with E-state index in [4.69, 9.17) is 0 Å². The Labute approximate surface area is 184 Å². The van der Waals surface area contributed by atoms with Crippen molar-refractivity contribution in [1.82, 2.24) is 9.80 Å². The Hall–Kier alpha value is -2.33. The summed E-state index contributed by atoms with van der Waals surface area (Å²) in [7, 11) is 0. The Kier molecular flexibility index (Phi) is 6.03. The van der Waals surface area contributed by atoms with Crippen LogP contribution in [0.2, 0.25) is 0 Å². The van der Waals surface area contributed by atoms with E-state index in [-0.39, 0.29) is 0 Å². The maximum atomic E-state index is 2.70. The van der Waals surface area contributed by atoms with Gasteiger partial charge in [-0.25, -0.2) is 0 Å². The van der Waals surface area contributed by atoms with Gasteiger partial charge in [0.15, 0.2) is 0 Å². The maximum absolute atomic E-state index is 2.70. The Morgan fingerprint density at radius 2 is 1.47 bits per heavy atom. The third-order valence-corrected chi connectivity index (χ3v) is 7.33. The smallest absolute Gasteiger partial charge is 0.0616 e. The first-order valence-electron chi connectivity index (χ1n) is 10.9. The van der Waals surface area contributed by atoms with E-state index in [1.54, 1.807) is 0 Å². The number of hydrogen-bond acceptors (Lipinski definition) is 3. The van der Waals surface area contributed by atoms with Crippen LogP contribution in [0.15, 0.2) is 89.8 Å². The molecule has 152 valence electrons. The molecule has 2 nitrogen and oxygen atoms in total. The zero-order valence-electron chi connectivity index (χ0n) is 17.3. The summed E-state index contributed by atoms with van der Waals surface area (Å²) >= 11 is 1.98. The van der Waals surface area contributed by atoms with E-state index in [1.165, 1.54) is 27.1 Å². The highest BCUT2D eigenvalue weighted by atomic mass is 32.2. The quantitative estimate of drug-likeness (QED) is 0.542. The molecule has 2 heterocycles. The van der Waals surface area contributed by atoms with Gasteiger partial charge < -0.3 is 0 Å². The second-order valence-electron chi connectivity index (χ2n) is 8.08. The number of thioether (sulfide) groups is 1. The molecule has 2 aliphatic heterocycles. The minimum Gasteiger partial charge on any atom is -0.297 e. The van der Waals surface area contributed by atoms with Gasteiger partial charge >= 0.3 is 0 Å². The molecule has 30 heavy (non-hydrogen) atoms. The zero-order valence-corrected chi connectivity index (χ0v) is 18.1. The molecular weight excluding hydrogens is 384 g/mol. The van der Waals surface area contributed by atoms with Crippen molar-refractivity contribution in [3.05, 3.63) is 107 Å². The van der Waals surface area contributed by atoms with Crippen LogP contribution in [0.4, 0.5) is 0 Å². The Bertz CT molecular complexity index is 959. The Morgan fingerprint density at radius 1 is 0.767 bits per heavy atom. The van der Waals surface area contributed by atoms with E-state index in [1.807, 2.05) is 11.8 Å². The lowest BCUT2D eigenvalue weighted by Gasteiger charge is -2.40. The fourth-order valence-electron chi connectivity index (χ4n) is 4.59. The van der Waals surface area contributed by atoms with Gasteiger partial charge in [0.25, 0.3) is 0 Å². The zero-order chi connectivity index (χ0) is 20.2. The molecule has 0 amide bonds. The lowest BCUT2D eigenvalue weighted by atomic mass is 9.93. The van der Waals surface area contributed by atoms with Crippen LogP contribution < -0.4 is 0 Å². The van der Waals surface area contributed by atoms with Crippen molar-refractivity contribution < 1.29 is 0 Å². The average molecular weight is 413 g/mol. The molecule has 0 aromatic heterocycles. The second-order valence-corrected chi connectivity index (χ2v) is 9.09. The third-order valence-electron chi connectivity index (χ3n) is 6.19. The van der Waals surface area contributed by atoms with Crippen molar-refractivity contribution in [2.45, 2.75) is 16.7 Å². The molecule has 2 aliphatic rings. The van der Waals surface area contributed by atoms with Crippen LogP contribution in [0.5, 0.6) is 0 Å². The van der Waals surface area contributed by atoms with E-state index in [2.05, 4.69) is 101 Å². The van der Waals surface area contributed by atoms with Crippen molar-refractivity contribution >= 4 is 17.8 Å². The SMILES string of the molecule is C(=C\c1ccccc1)/CN1CCN(C2c3ccccc3CSc3ccccc32)CC1. The molecule has 0 spiro atoms. The second kappa shape index (κ2) is 9.22. The van der Waals surface area contributed by atoms with E-state index in [0.29, 0.717) is 6.04 Å². The molecule has 1 unspecified atom stereocenters. The van der Waals surface area contributed by atoms with Gasteiger partial charge in [0.1, 0.15) is 0 Å². The first-order valence-corrected chi connectivity index (χ1v) is 11.8. The van der Waals surface area contributed by atoms with Crippen molar-refractivity contribution in [3.8, 4) is 0 Å². The van der Waals surface area contributed by atoms with Crippen molar-refractivity contribution in [2.75, 3.05) is 32.7 Å². The monoisotopic (exact) mass is 412 g/mol. The standard InChI is InChI=1S/C27H28N2S/c1-2-9-22(10-3-1)11-8-16-28-17-19-29(20-18-28)27-24-13-5-4-12-23(24)21-30-26-15-7-6-14-25(26)27/h1-15,27H,16-21H2/b11-8+. The number of hydrogen-bond donors (Lipinski definition) is 0. The molecule has 0 saturated carbocycles. The molecule has 1 saturated heterocycles. The lowest BCUT2D eigenvalue weighted by molar-refractivity contribution is 0.117. The van der Waals surface area contributed by atoms with Crippen molar-refractivity contribution in [2.24, 2.45) is 0 Å². The predicted octanol–water partition coefficient (Wildman–Crippen LogP) is 5.71. The van der Waals surface area contributed by atoms with Gasteiger partial charge in [-0.15, -0.1) is 11.8 Å². The summed E-state index contributed by atoms with van der Waals surface area (Å²) in [6.07, 6.45) is 4.54. The highest BCUT2D eigenvalue weighted by molar-refractivity contribution is 7.98. The molecule has 3 heteroatoms. The number of benzene rings is 3. The lowest BCUT2D eigenvalue weighted by Crippen LogP contribution is -2.47. The fourth-order valence-corrected chi connectivity index (χ4v) is 5.69. The van der Waals surface area contributed by atoms with Crippen molar-refractivity contribution in [3.63, 3.8) is 0 Å². The third kappa shape index (κ3) is 4.24. The Balaban J connectivity index is 1.31. The molecular formula is C27H28N2S. The summed E-state index contributed by atoms with van der Waals surface area (Å²) in [6.45, 7) is 5.48. The summed E-state index contributed by atoms with van der Waals surface area (Å²) < 4.78 is 0. The van der Waals surface area contributed by atoms with Gasteiger partial charge in [0.2, 0.25) is 0 Å². The topological polar surface area (TPSA) is 6.48 Å². The number of piperazine rings is 1. The summed E-state index contributed by atoms with van der Waals surface area (Å²) in [5.41, 5.74) is 5.73. The first-order chi connectivity index (χ1) is 14.9. The van der Waals surface area contributed by atoms with E-state index >= 15 is 0 Å². The van der Waals surface area contributed by atoms with Crippen LogP contribution in [0.25, 0.3) is 6.08 Å². The van der Waals surface area contributed by atoms with Crippen LogP contribution in [0, 0.1) is 0 Å². The number of nitrogens with zero attached hydrogens (tertiary/aromatic N) is 2. The van der Waals surface area contributed by atoms with Crippen LogP contribution in [-0.4, -0.2) is 42.5 Å². The van der Waals surface area contributed by atoms with Crippen molar-refractivity contribution in [1.29, 1.82) is 0 Å². The Morgan fingerprint density at radius 3 is 2.30 bits per heavy atom.